The molecular weight excluding hydrogens is 332 g/mol. The summed E-state index contributed by atoms with van der Waals surface area (Å²) in [5.41, 5.74) is 0.793. The standard InChI is InChI=1S/C18H22N6O2/c1-12(2)17-20-9-10-24(17)13(3)18(25)21-8-6-15-22-16(23-26-15)14-5-4-7-19-11-14/h4-5,7,9-13H,6,8H2,1-3H3,(H,21,25). The van der Waals surface area contributed by atoms with Crippen molar-refractivity contribution in [3.8, 4) is 11.4 Å². The summed E-state index contributed by atoms with van der Waals surface area (Å²) in [4.78, 5) is 25.1. The fourth-order valence-electron chi connectivity index (χ4n) is 2.63. The minimum atomic E-state index is -0.330. The lowest BCUT2D eigenvalue weighted by Gasteiger charge is -2.17. The minimum Gasteiger partial charge on any atom is -0.354 e. The average molecular weight is 354 g/mol. The van der Waals surface area contributed by atoms with Gasteiger partial charge < -0.3 is 14.4 Å². The van der Waals surface area contributed by atoms with Crippen molar-refractivity contribution in [1.29, 1.82) is 0 Å². The topological polar surface area (TPSA) is 98.7 Å². The Morgan fingerprint density at radius 1 is 1.31 bits per heavy atom. The smallest absolute Gasteiger partial charge is 0.242 e. The molecule has 0 radical (unpaired) electrons. The molecule has 0 aliphatic rings. The zero-order valence-corrected chi connectivity index (χ0v) is 15.1. The van der Waals surface area contributed by atoms with Crippen LogP contribution < -0.4 is 5.32 Å². The van der Waals surface area contributed by atoms with Crippen LogP contribution in [-0.4, -0.2) is 37.1 Å². The number of pyridine rings is 1. The first-order valence-electron chi connectivity index (χ1n) is 8.59. The van der Waals surface area contributed by atoms with E-state index in [1.54, 1.807) is 18.6 Å². The van der Waals surface area contributed by atoms with Crippen LogP contribution in [0.3, 0.4) is 0 Å². The number of aromatic nitrogens is 5. The number of hydrogen-bond donors (Lipinski definition) is 1. The van der Waals surface area contributed by atoms with Crippen LogP contribution in [0, 0.1) is 0 Å². The highest BCUT2D eigenvalue weighted by Crippen LogP contribution is 2.17. The van der Waals surface area contributed by atoms with E-state index >= 15 is 0 Å². The van der Waals surface area contributed by atoms with Crippen molar-refractivity contribution in [2.24, 2.45) is 0 Å². The van der Waals surface area contributed by atoms with E-state index in [9.17, 15) is 4.79 Å². The van der Waals surface area contributed by atoms with Crippen LogP contribution in [0.4, 0.5) is 0 Å². The molecule has 0 saturated heterocycles. The van der Waals surface area contributed by atoms with Crippen LogP contribution in [-0.2, 0) is 11.2 Å². The highest BCUT2D eigenvalue weighted by atomic mass is 16.5. The fraction of sp³-hybridized carbons (Fsp3) is 0.389. The normalized spacial score (nSPS) is 12.3. The van der Waals surface area contributed by atoms with Gasteiger partial charge in [0.05, 0.1) is 0 Å². The molecule has 0 saturated carbocycles. The van der Waals surface area contributed by atoms with Gasteiger partial charge in [-0.25, -0.2) is 4.98 Å². The highest BCUT2D eigenvalue weighted by Gasteiger charge is 2.19. The molecule has 1 amide bonds. The van der Waals surface area contributed by atoms with E-state index in [1.165, 1.54) is 0 Å². The summed E-state index contributed by atoms with van der Waals surface area (Å²) in [5.74, 6) is 2.04. The summed E-state index contributed by atoms with van der Waals surface area (Å²) >= 11 is 0. The Balaban J connectivity index is 1.54. The number of carbonyl (C=O) groups is 1. The quantitative estimate of drug-likeness (QED) is 0.699. The van der Waals surface area contributed by atoms with Gasteiger partial charge >= 0.3 is 0 Å². The van der Waals surface area contributed by atoms with Crippen molar-refractivity contribution >= 4 is 5.91 Å². The minimum absolute atomic E-state index is 0.0723. The van der Waals surface area contributed by atoms with Gasteiger partial charge in [0.25, 0.3) is 0 Å². The molecule has 0 aliphatic carbocycles. The van der Waals surface area contributed by atoms with Crippen molar-refractivity contribution in [3.63, 3.8) is 0 Å². The zero-order valence-electron chi connectivity index (χ0n) is 15.1. The summed E-state index contributed by atoms with van der Waals surface area (Å²) < 4.78 is 7.12. The Kier molecular flexibility index (Phi) is 5.40. The number of nitrogens with zero attached hydrogens (tertiary/aromatic N) is 5. The van der Waals surface area contributed by atoms with Gasteiger partial charge in [-0.05, 0) is 19.1 Å². The number of rotatable bonds is 7. The van der Waals surface area contributed by atoms with Gasteiger partial charge in [0.2, 0.25) is 17.6 Å². The first-order valence-corrected chi connectivity index (χ1v) is 8.59. The molecule has 8 heteroatoms. The Morgan fingerprint density at radius 3 is 2.88 bits per heavy atom. The van der Waals surface area contributed by atoms with Crippen molar-refractivity contribution in [2.45, 2.75) is 39.2 Å². The second-order valence-electron chi connectivity index (χ2n) is 6.32. The maximum atomic E-state index is 12.4. The van der Waals surface area contributed by atoms with Gasteiger partial charge in [0, 0.05) is 49.2 Å². The summed E-state index contributed by atoms with van der Waals surface area (Å²) in [5, 5.41) is 6.85. The predicted molar refractivity (Wildman–Crippen MR) is 95.3 cm³/mol. The van der Waals surface area contributed by atoms with E-state index in [1.807, 2.05) is 29.8 Å². The van der Waals surface area contributed by atoms with Crippen LogP contribution in [0.5, 0.6) is 0 Å². The maximum absolute atomic E-state index is 12.4. The van der Waals surface area contributed by atoms with Gasteiger partial charge in [-0.3, -0.25) is 9.78 Å². The van der Waals surface area contributed by atoms with Crippen LogP contribution in [0.2, 0.25) is 0 Å². The predicted octanol–water partition coefficient (Wildman–Crippen LogP) is 2.37. The second-order valence-corrected chi connectivity index (χ2v) is 6.32. The largest absolute Gasteiger partial charge is 0.354 e. The van der Waals surface area contributed by atoms with E-state index in [0.717, 1.165) is 11.4 Å². The molecule has 8 nitrogen and oxygen atoms in total. The van der Waals surface area contributed by atoms with Gasteiger partial charge in [-0.2, -0.15) is 4.98 Å². The Hall–Kier alpha value is -3.03. The maximum Gasteiger partial charge on any atom is 0.242 e. The molecule has 3 aromatic heterocycles. The molecule has 0 fully saturated rings. The van der Waals surface area contributed by atoms with Crippen molar-refractivity contribution in [2.75, 3.05) is 6.54 Å². The van der Waals surface area contributed by atoms with Crippen LogP contribution in [0.15, 0.2) is 41.4 Å². The van der Waals surface area contributed by atoms with Gasteiger partial charge in [-0.15, -0.1) is 0 Å². The SMILES string of the molecule is CC(C)c1nccn1C(C)C(=O)NCCc1nc(-c2cccnc2)no1. The molecule has 1 atom stereocenters. The monoisotopic (exact) mass is 354 g/mol. The van der Waals surface area contributed by atoms with Gasteiger partial charge in [0.15, 0.2) is 0 Å². The number of carbonyl (C=O) groups excluding carboxylic acids is 1. The van der Waals surface area contributed by atoms with E-state index < -0.39 is 0 Å². The molecule has 0 spiro atoms. The van der Waals surface area contributed by atoms with Gasteiger partial charge in [-0.1, -0.05) is 19.0 Å². The lowest BCUT2D eigenvalue weighted by Crippen LogP contribution is -2.33. The average Bonchev–Trinajstić information content (AvgIpc) is 3.31. The molecule has 1 N–H and O–H groups in total. The summed E-state index contributed by atoms with van der Waals surface area (Å²) in [6.07, 6.45) is 7.38. The highest BCUT2D eigenvalue weighted by molar-refractivity contribution is 5.79. The number of nitrogens with one attached hydrogen (secondary N) is 1. The van der Waals surface area contributed by atoms with E-state index in [2.05, 4.69) is 39.3 Å². The van der Waals surface area contributed by atoms with Gasteiger partial charge in [0.1, 0.15) is 11.9 Å². The van der Waals surface area contributed by atoms with Crippen molar-refractivity contribution in [3.05, 3.63) is 48.6 Å². The first-order chi connectivity index (χ1) is 12.6. The number of amides is 1. The van der Waals surface area contributed by atoms with Crippen LogP contribution in [0.25, 0.3) is 11.4 Å². The Morgan fingerprint density at radius 2 is 2.15 bits per heavy atom. The lowest BCUT2D eigenvalue weighted by molar-refractivity contribution is -0.123. The third-order valence-electron chi connectivity index (χ3n) is 4.04. The van der Waals surface area contributed by atoms with Crippen LogP contribution in [0.1, 0.15) is 44.4 Å². The second kappa shape index (κ2) is 7.90. The molecule has 0 aliphatic heterocycles. The molecule has 1 unspecified atom stereocenters. The summed E-state index contributed by atoms with van der Waals surface area (Å²) in [6.45, 7) is 6.39. The summed E-state index contributed by atoms with van der Waals surface area (Å²) in [7, 11) is 0. The lowest BCUT2D eigenvalue weighted by atomic mass is 10.2. The molecule has 3 heterocycles. The van der Waals surface area contributed by atoms with E-state index in [0.29, 0.717) is 24.7 Å². The first kappa shape index (κ1) is 17.8. The molecular formula is C18H22N6O2. The molecule has 26 heavy (non-hydrogen) atoms. The van der Waals surface area contributed by atoms with E-state index in [-0.39, 0.29) is 17.9 Å². The third-order valence-corrected chi connectivity index (χ3v) is 4.04. The Labute approximate surface area is 151 Å². The molecule has 3 rings (SSSR count). The zero-order chi connectivity index (χ0) is 18.5. The van der Waals surface area contributed by atoms with Crippen molar-refractivity contribution < 1.29 is 9.32 Å². The van der Waals surface area contributed by atoms with E-state index in [4.69, 9.17) is 4.52 Å². The number of imidazole rings is 1. The van der Waals surface area contributed by atoms with Crippen molar-refractivity contribution in [1.82, 2.24) is 30.0 Å². The molecule has 136 valence electrons. The third kappa shape index (κ3) is 3.96. The molecule has 0 bridgehead atoms. The number of hydrogen-bond acceptors (Lipinski definition) is 6. The molecule has 0 aromatic carbocycles. The summed E-state index contributed by atoms with van der Waals surface area (Å²) in [6, 6.07) is 3.35. The van der Waals surface area contributed by atoms with Crippen LogP contribution >= 0.6 is 0 Å². The fourth-order valence-corrected chi connectivity index (χ4v) is 2.63. The molecule has 3 aromatic rings. The Bertz CT molecular complexity index is 855.